The van der Waals surface area contributed by atoms with Crippen LogP contribution in [0.4, 0.5) is 5.69 Å². The first-order chi connectivity index (χ1) is 8.50. The maximum atomic E-state index is 10.3. The van der Waals surface area contributed by atoms with Gasteiger partial charge in [-0.1, -0.05) is 35.3 Å². The molecular formula is C13H11Cl2NO2. The van der Waals surface area contributed by atoms with E-state index in [4.69, 9.17) is 28.9 Å². The fourth-order valence-corrected chi connectivity index (χ4v) is 2.11. The minimum absolute atomic E-state index is 0.0891. The molecule has 0 aromatic heterocycles. The number of hydrogen-bond acceptors (Lipinski definition) is 3. The lowest BCUT2D eigenvalue weighted by Gasteiger charge is -2.16. The number of aliphatic hydroxyl groups excluding tert-OH is 1. The topological polar surface area (TPSA) is 66.5 Å². The summed E-state index contributed by atoms with van der Waals surface area (Å²) in [5, 5.41) is 20.4. The van der Waals surface area contributed by atoms with Gasteiger partial charge in [0.1, 0.15) is 11.9 Å². The third kappa shape index (κ3) is 2.38. The quantitative estimate of drug-likeness (QED) is 0.741. The molecule has 0 spiro atoms. The largest absolute Gasteiger partial charge is 0.506 e. The van der Waals surface area contributed by atoms with E-state index < -0.39 is 6.10 Å². The third-order valence-electron chi connectivity index (χ3n) is 2.65. The van der Waals surface area contributed by atoms with Gasteiger partial charge >= 0.3 is 0 Å². The zero-order valence-electron chi connectivity index (χ0n) is 9.27. The normalized spacial score (nSPS) is 12.4. The summed E-state index contributed by atoms with van der Waals surface area (Å²) in [7, 11) is 0. The van der Waals surface area contributed by atoms with Gasteiger partial charge in [0.05, 0.1) is 5.02 Å². The lowest BCUT2D eigenvalue weighted by atomic mass is 10.00. The van der Waals surface area contributed by atoms with Crippen molar-refractivity contribution in [3.05, 3.63) is 57.6 Å². The summed E-state index contributed by atoms with van der Waals surface area (Å²) in [4.78, 5) is 0. The molecule has 0 saturated carbocycles. The van der Waals surface area contributed by atoms with Crippen molar-refractivity contribution in [2.24, 2.45) is 0 Å². The summed E-state index contributed by atoms with van der Waals surface area (Å²) >= 11 is 11.8. The van der Waals surface area contributed by atoms with Crippen LogP contribution in [0.2, 0.25) is 10.0 Å². The summed E-state index contributed by atoms with van der Waals surface area (Å²) in [6, 6.07) is 9.48. The van der Waals surface area contributed by atoms with Gasteiger partial charge in [0, 0.05) is 21.8 Å². The van der Waals surface area contributed by atoms with Crippen molar-refractivity contribution >= 4 is 28.9 Å². The molecule has 0 heterocycles. The highest BCUT2D eigenvalue weighted by Crippen LogP contribution is 2.36. The van der Waals surface area contributed by atoms with Crippen molar-refractivity contribution in [3.8, 4) is 5.75 Å². The van der Waals surface area contributed by atoms with Gasteiger partial charge in [0.25, 0.3) is 0 Å². The van der Waals surface area contributed by atoms with E-state index in [9.17, 15) is 10.2 Å². The Kier molecular flexibility index (Phi) is 3.66. The summed E-state index contributed by atoms with van der Waals surface area (Å²) in [6.45, 7) is 0. The molecule has 0 radical (unpaired) electrons. The molecular weight excluding hydrogens is 273 g/mol. The maximum Gasteiger partial charge on any atom is 0.134 e. The number of phenolic OH excluding ortho intramolecular Hbond substituents is 1. The van der Waals surface area contributed by atoms with Crippen LogP contribution >= 0.6 is 23.2 Å². The molecule has 2 aromatic rings. The second kappa shape index (κ2) is 5.06. The third-order valence-corrected chi connectivity index (χ3v) is 3.29. The molecule has 0 aliphatic carbocycles. The van der Waals surface area contributed by atoms with Gasteiger partial charge in [-0.2, -0.15) is 0 Å². The van der Waals surface area contributed by atoms with Gasteiger partial charge in [-0.05, 0) is 24.3 Å². The molecule has 3 nitrogen and oxygen atoms in total. The molecule has 4 N–H and O–H groups in total. The first-order valence-corrected chi connectivity index (χ1v) is 5.96. The van der Waals surface area contributed by atoms with Crippen LogP contribution in [0.3, 0.4) is 0 Å². The van der Waals surface area contributed by atoms with Crippen LogP contribution in [-0.2, 0) is 0 Å². The Morgan fingerprint density at radius 3 is 2.50 bits per heavy atom. The van der Waals surface area contributed by atoms with Crippen molar-refractivity contribution in [3.63, 3.8) is 0 Å². The Morgan fingerprint density at radius 1 is 1.06 bits per heavy atom. The van der Waals surface area contributed by atoms with E-state index in [2.05, 4.69) is 0 Å². The molecule has 18 heavy (non-hydrogen) atoms. The van der Waals surface area contributed by atoms with Gasteiger partial charge in [-0.3, -0.25) is 0 Å². The van der Waals surface area contributed by atoms with Crippen LogP contribution in [0.5, 0.6) is 5.75 Å². The summed E-state index contributed by atoms with van der Waals surface area (Å²) < 4.78 is 0. The molecule has 0 unspecified atom stereocenters. The maximum absolute atomic E-state index is 10.3. The highest BCUT2D eigenvalue weighted by Gasteiger charge is 2.18. The highest BCUT2D eigenvalue weighted by atomic mass is 35.5. The van der Waals surface area contributed by atoms with Crippen molar-refractivity contribution in [1.29, 1.82) is 0 Å². The van der Waals surface area contributed by atoms with E-state index >= 15 is 0 Å². The average molecular weight is 284 g/mol. The fourth-order valence-electron chi connectivity index (χ4n) is 1.70. The van der Waals surface area contributed by atoms with E-state index in [0.717, 1.165) is 0 Å². The summed E-state index contributed by atoms with van der Waals surface area (Å²) in [5.41, 5.74) is 7.03. The number of anilines is 1. The Labute approximate surface area is 114 Å². The monoisotopic (exact) mass is 283 g/mol. The molecule has 0 aliphatic rings. The van der Waals surface area contributed by atoms with Gasteiger partial charge < -0.3 is 15.9 Å². The molecule has 0 bridgehead atoms. The number of phenols is 1. The van der Waals surface area contributed by atoms with Crippen molar-refractivity contribution < 1.29 is 10.2 Å². The zero-order valence-corrected chi connectivity index (χ0v) is 10.8. The van der Waals surface area contributed by atoms with Crippen LogP contribution in [0.25, 0.3) is 0 Å². The first kappa shape index (κ1) is 13.0. The Morgan fingerprint density at radius 2 is 1.78 bits per heavy atom. The predicted molar refractivity (Wildman–Crippen MR) is 73.0 cm³/mol. The molecule has 0 saturated heterocycles. The van der Waals surface area contributed by atoms with Gasteiger partial charge in [0.2, 0.25) is 0 Å². The van der Waals surface area contributed by atoms with E-state index in [0.29, 0.717) is 21.8 Å². The van der Waals surface area contributed by atoms with E-state index in [1.807, 2.05) is 0 Å². The second-order valence-electron chi connectivity index (χ2n) is 3.86. The van der Waals surface area contributed by atoms with Gasteiger partial charge in [-0.25, -0.2) is 0 Å². The number of nitrogen functional groups attached to an aromatic ring is 1. The summed E-state index contributed by atoms with van der Waals surface area (Å²) in [6.07, 6.45) is -1.04. The number of halogens is 2. The lowest BCUT2D eigenvalue weighted by molar-refractivity contribution is 0.220. The smallest absolute Gasteiger partial charge is 0.134 e. The van der Waals surface area contributed by atoms with Gasteiger partial charge in [-0.15, -0.1) is 0 Å². The van der Waals surface area contributed by atoms with Crippen LogP contribution < -0.4 is 5.73 Å². The number of benzene rings is 2. The number of aliphatic hydroxyl groups is 1. The minimum Gasteiger partial charge on any atom is -0.506 e. The Balaban J connectivity index is 2.51. The van der Waals surface area contributed by atoms with Crippen LogP contribution in [0.15, 0.2) is 36.4 Å². The Bertz CT molecular complexity index is 585. The summed E-state index contributed by atoms with van der Waals surface area (Å²) in [5.74, 6) is -0.0891. The fraction of sp³-hybridized carbons (Fsp3) is 0.0769. The van der Waals surface area contributed by atoms with E-state index in [-0.39, 0.29) is 10.8 Å². The molecule has 0 amide bonds. The SMILES string of the molecule is Nc1ccc(Cl)cc1[C@H](O)c1cccc(O)c1Cl. The van der Waals surface area contributed by atoms with Crippen molar-refractivity contribution in [2.75, 3.05) is 5.73 Å². The van der Waals surface area contributed by atoms with E-state index in [1.54, 1.807) is 30.3 Å². The average Bonchev–Trinajstić information content (AvgIpc) is 2.35. The minimum atomic E-state index is -1.04. The van der Waals surface area contributed by atoms with Crippen molar-refractivity contribution in [2.45, 2.75) is 6.10 Å². The van der Waals surface area contributed by atoms with E-state index in [1.165, 1.54) is 6.07 Å². The predicted octanol–water partition coefficient (Wildman–Crippen LogP) is 3.36. The number of nitrogens with two attached hydrogens (primary N) is 1. The zero-order chi connectivity index (χ0) is 13.3. The van der Waals surface area contributed by atoms with Crippen LogP contribution in [0.1, 0.15) is 17.2 Å². The molecule has 5 heteroatoms. The van der Waals surface area contributed by atoms with Crippen LogP contribution in [0, 0.1) is 0 Å². The molecule has 1 atom stereocenters. The number of hydrogen-bond donors (Lipinski definition) is 3. The molecule has 0 aliphatic heterocycles. The van der Waals surface area contributed by atoms with Gasteiger partial charge in [0.15, 0.2) is 0 Å². The molecule has 2 aromatic carbocycles. The van der Waals surface area contributed by atoms with Crippen LogP contribution in [-0.4, -0.2) is 10.2 Å². The van der Waals surface area contributed by atoms with Crippen molar-refractivity contribution in [1.82, 2.24) is 0 Å². The lowest BCUT2D eigenvalue weighted by Crippen LogP contribution is -2.04. The second-order valence-corrected chi connectivity index (χ2v) is 4.67. The molecule has 2 rings (SSSR count). The standard InChI is InChI=1S/C13H11Cl2NO2/c14-7-4-5-10(16)9(6-7)13(18)8-2-1-3-11(17)12(8)15/h1-6,13,17-18H,16H2/t13-/m1/s1. The number of rotatable bonds is 2. The number of aromatic hydroxyl groups is 1. The molecule has 0 fully saturated rings. The highest BCUT2D eigenvalue weighted by molar-refractivity contribution is 6.33. The molecule has 94 valence electrons. The Hall–Kier alpha value is -1.42. The first-order valence-electron chi connectivity index (χ1n) is 5.21.